The summed E-state index contributed by atoms with van der Waals surface area (Å²) in [7, 11) is 0. The number of halogens is 1. The molecule has 1 aliphatic heterocycles. The van der Waals surface area contributed by atoms with Crippen LogP contribution in [0.2, 0.25) is 0 Å². The van der Waals surface area contributed by atoms with Crippen molar-refractivity contribution in [3.63, 3.8) is 0 Å². The maximum atomic E-state index is 14.6. The molecule has 7 nitrogen and oxygen atoms in total. The van der Waals surface area contributed by atoms with E-state index in [-0.39, 0.29) is 17.4 Å². The molecule has 2 aromatic carbocycles. The predicted molar refractivity (Wildman–Crippen MR) is 123 cm³/mol. The number of hydrogen-bond acceptors (Lipinski definition) is 5. The van der Waals surface area contributed by atoms with Crippen LogP contribution in [0.3, 0.4) is 0 Å². The number of nitrogens with one attached hydrogen (secondary N) is 1. The summed E-state index contributed by atoms with van der Waals surface area (Å²) < 4.78 is 22.8. The lowest BCUT2D eigenvalue weighted by molar-refractivity contribution is 0.434. The maximum Gasteiger partial charge on any atom is 0.441 e. The average molecular weight is 448 g/mol. The Labute approximate surface area is 189 Å². The van der Waals surface area contributed by atoms with Gasteiger partial charge in [-0.1, -0.05) is 25.5 Å². The second kappa shape index (κ2) is 8.78. The van der Waals surface area contributed by atoms with Crippen LogP contribution in [0.1, 0.15) is 42.8 Å². The summed E-state index contributed by atoms with van der Waals surface area (Å²) in [6.45, 7) is 3.08. The Morgan fingerprint density at radius 2 is 1.88 bits per heavy atom. The topological polar surface area (TPSA) is 82.1 Å². The standard InChI is InChI=1S/C25H25FN4O3/c1-2-4-16-6-10-18(11-7-16)30-25(32)33-21(28-30)5-3-14-27-20-15-29-22(31)13-9-17-8-12-19(26)23(20)24(17)29/h6-13,20,27H,2-5,14-15H2,1H3/t20-/m1/s1. The van der Waals surface area contributed by atoms with E-state index in [1.807, 2.05) is 24.3 Å². The maximum absolute atomic E-state index is 14.6. The van der Waals surface area contributed by atoms with Gasteiger partial charge < -0.3 is 14.3 Å². The van der Waals surface area contributed by atoms with Crippen LogP contribution < -0.4 is 16.6 Å². The molecule has 4 aromatic rings. The van der Waals surface area contributed by atoms with Gasteiger partial charge in [0.05, 0.1) is 17.2 Å². The molecule has 170 valence electrons. The number of aryl methyl sites for hydroxylation is 2. The molecule has 5 rings (SSSR count). The fraction of sp³-hybridized carbons (Fsp3) is 0.320. The van der Waals surface area contributed by atoms with Crippen molar-refractivity contribution in [1.29, 1.82) is 0 Å². The molecule has 33 heavy (non-hydrogen) atoms. The highest BCUT2D eigenvalue weighted by atomic mass is 19.1. The first-order valence-corrected chi connectivity index (χ1v) is 11.3. The molecule has 0 aliphatic carbocycles. The molecule has 0 unspecified atom stereocenters. The monoisotopic (exact) mass is 448 g/mol. The third-order valence-electron chi connectivity index (χ3n) is 6.12. The Bertz CT molecular complexity index is 1420. The molecule has 0 spiro atoms. The van der Waals surface area contributed by atoms with Crippen molar-refractivity contribution in [3.8, 4) is 5.69 Å². The van der Waals surface area contributed by atoms with Gasteiger partial charge in [0.15, 0.2) is 0 Å². The van der Waals surface area contributed by atoms with Crippen molar-refractivity contribution in [2.24, 2.45) is 0 Å². The minimum atomic E-state index is -0.513. The Morgan fingerprint density at radius 3 is 2.67 bits per heavy atom. The highest BCUT2D eigenvalue weighted by Gasteiger charge is 2.28. The van der Waals surface area contributed by atoms with Gasteiger partial charge in [-0.15, -0.1) is 5.10 Å². The Hall–Kier alpha value is -3.52. The fourth-order valence-corrected chi connectivity index (χ4v) is 4.54. The molecule has 1 N–H and O–H groups in total. The predicted octanol–water partition coefficient (Wildman–Crippen LogP) is 3.51. The minimum absolute atomic E-state index is 0.131. The van der Waals surface area contributed by atoms with Gasteiger partial charge in [-0.25, -0.2) is 9.18 Å². The van der Waals surface area contributed by atoms with E-state index in [4.69, 9.17) is 4.42 Å². The zero-order valence-corrected chi connectivity index (χ0v) is 18.4. The van der Waals surface area contributed by atoms with E-state index < -0.39 is 5.76 Å². The Balaban J connectivity index is 1.23. The summed E-state index contributed by atoms with van der Waals surface area (Å²) in [6.07, 6.45) is 3.17. The summed E-state index contributed by atoms with van der Waals surface area (Å²) in [5.41, 5.74) is 2.95. The van der Waals surface area contributed by atoms with Gasteiger partial charge in [-0.05, 0) is 60.7 Å². The Morgan fingerprint density at radius 1 is 1.09 bits per heavy atom. The molecule has 0 saturated carbocycles. The molecular formula is C25H25FN4O3. The molecule has 0 saturated heterocycles. The fourth-order valence-electron chi connectivity index (χ4n) is 4.54. The van der Waals surface area contributed by atoms with E-state index >= 15 is 0 Å². The van der Waals surface area contributed by atoms with Gasteiger partial charge in [-0.3, -0.25) is 4.79 Å². The van der Waals surface area contributed by atoms with Gasteiger partial charge in [-0.2, -0.15) is 4.68 Å². The number of rotatable bonds is 8. The summed E-state index contributed by atoms with van der Waals surface area (Å²) in [5, 5.41) is 8.51. The van der Waals surface area contributed by atoms with Crippen molar-refractivity contribution in [2.75, 3.05) is 6.54 Å². The molecule has 0 radical (unpaired) electrons. The van der Waals surface area contributed by atoms with Crippen LogP contribution >= 0.6 is 0 Å². The first-order chi connectivity index (χ1) is 16.0. The molecule has 3 heterocycles. The number of pyridine rings is 1. The summed E-state index contributed by atoms with van der Waals surface area (Å²) in [5.74, 6) is -0.467. The molecule has 0 bridgehead atoms. The second-order valence-electron chi connectivity index (χ2n) is 8.38. The number of benzene rings is 2. The lowest BCUT2D eigenvalue weighted by Gasteiger charge is -2.13. The lowest BCUT2D eigenvalue weighted by Crippen LogP contribution is -2.26. The highest BCUT2D eigenvalue weighted by molar-refractivity contribution is 5.84. The van der Waals surface area contributed by atoms with Gasteiger partial charge in [0, 0.05) is 24.6 Å². The van der Waals surface area contributed by atoms with Crippen LogP contribution in [-0.2, 0) is 19.4 Å². The van der Waals surface area contributed by atoms with Crippen molar-refractivity contribution in [1.82, 2.24) is 19.7 Å². The van der Waals surface area contributed by atoms with Gasteiger partial charge >= 0.3 is 5.76 Å². The molecule has 0 fully saturated rings. The molecule has 2 aromatic heterocycles. The lowest BCUT2D eigenvalue weighted by atomic mass is 10.1. The largest absolute Gasteiger partial charge is 0.441 e. The van der Waals surface area contributed by atoms with Gasteiger partial charge in [0.25, 0.3) is 5.56 Å². The number of hydrogen-bond donors (Lipinski definition) is 1. The second-order valence-corrected chi connectivity index (χ2v) is 8.38. The first-order valence-electron chi connectivity index (χ1n) is 11.3. The first kappa shape index (κ1) is 21.3. The molecular weight excluding hydrogens is 423 g/mol. The normalized spacial score (nSPS) is 14.9. The highest BCUT2D eigenvalue weighted by Crippen LogP contribution is 2.33. The van der Waals surface area contributed by atoms with Crippen molar-refractivity contribution in [3.05, 3.63) is 92.3 Å². The number of aromatic nitrogens is 3. The quantitative estimate of drug-likeness (QED) is 0.417. The zero-order chi connectivity index (χ0) is 22.9. The third kappa shape index (κ3) is 4.02. The van der Waals surface area contributed by atoms with E-state index in [9.17, 15) is 14.0 Å². The molecule has 8 heteroatoms. The molecule has 1 atom stereocenters. The van der Waals surface area contributed by atoms with Gasteiger partial charge in [0.2, 0.25) is 5.89 Å². The van der Waals surface area contributed by atoms with Crippen LogP contribution in [0.4, 0.5) is 4.39 Å². The van der Waals surface area contributed by atoms with Crippen LogP contribution in [0, 0.1) is 5.82 Å². The van der Waals surface area contributed by atoms with E-state index in [2.05, 4.69) is 17.3 Å². The van der Waals surface area contributed by atoms with Crippen LogP contribution in [0.5, 0.6) is 0 Å². The van der Waals surface area contributed by atoms with E-state index in [1.54, 1.807) is 16.7 Å². The zero-order valence-electron chi connectivity index (χ0n) is 18.4. The van der Waals surface area contributed by atoms with Crippen LogP contribution in [0.25, 0.3) is 16.6 Å². The van der Waals surface area contributed by atoms with Crippen LogP contribution in [0.15, 0.2) is 62.5 Å². The average Bonchev–Trinajstić information content (AvgIpc) is 3.38. The van der Waals surface area contributed by atoms with E-state index in [0.29, 0.717) is 48.6 Å². The van der Waals surface area contributed by atoms with Crippen LogP contribution in [-0.4, -0.2) is 20.9 Å². The van der Waals surface area contributed by atoms with E-state index in [1.165, 1.54) is 22.4 Å². The summed E-state index contributed by atoms with van der Waals surface area (Å²) in [4.78, 5) is 24.5. The molecule has 0 amide bonds. The smallest absolute Gasteiger partial charge is 0.392 e. The Kier molecular flexibility index (Phi) is 5.68. The summed E-state index contributed by atoms with van der Waals surface area (Å²) in [6, 6.07) is 13.8. The number of nitrogens with zero attached hydrogens (tertiary/aromatic N) is 3. The van der Waals surface area contributed by atoms with E-state index in [0.717, 1.165) is 18.2 Å². The van der Waals surface area contributed by atoms with Crippen molar-refractivity contribution >= 4 is 10.9 Å². The minimum Gasteiger partial charge on any atom is -0.392 e. The third-order valence-corrected chi connectivity index (χ3v) is 6.12. The van der Waals surface area contributed by atoms with Gasteiger partial charge in [0.1, 0.15) is 5.82 Å². The summed E-state index contributed by atoms with van der Waals surface area (Å²) >= 11 is 0. The van der Waals surface area contributed by atoms with Crippen molar-refractivity contribution in [2.45, 2.75) is 45.2 Å². The van der Waals surface area contributed by atoms with Crippen molar-refractivity contribution < 1.29 is 8.81 Å². The SMILES string of the molecule is CCCc1ccc(-n2nc(CCCN[C@@H]3Cn4c(=O)ccc5ccc(F)c3c54)oc2=O)cc1. The molecule has 1 aliphatic rings.